The van der Waals surface area contributed by atoms with E-state index < -0.39 is 6.04 Å². The number of hydrogen-bond acceptors (Lipinski definition) is 3. The number of rotatable bonds is 10. The standard InChI is InChI=1S/C26H36N2O2S/c1-7-24(26(30)27-18(2)3)28(15-23-11-9-8-10-21(23)6)25(29)17-31-16-22-13-19(4)12-20(5)14-22/h8-14,18,24H,7,15-17H2,1-6H3,(H,27,30). The van der Waals surface area contributed by atoms with Gasteiger partial charge in [-0.2, -0.15) is 0 Å². The molecular formula is C26H36N2O2S. The first-order valence-corrected chi connectivity index (χ1v) is 12.2. The molecule has 1 unspecified atom stereocenters. The molecule has 31 heavy (non-hydrogen) atoms. The normalized spacial score (nSPS) is 12.0. The number of amides is 2. The van der Waals surface area contributed by atoms with Gasteiger partial charge in [-0.25, -0.2) is 0 Å². The number of aryl methyl sites for hydroxylation is 3. The molecule has 2 rings (SSSR count). The lowest BCUT2D eigenvalue weighted by molar-refractivity contribution is -0.139. The zero-order chi connectivity index (χ0) is 23.0. The average Bonchev–Trinajstić information content (AvgIpc) is 2.68. The van der Waals surface area contributed by atoms with Crippen molar-refractivity contribution in [2.24, 2.45) is 0 Å². The van der Waals surface area contributed by atoms with Crippen LogP contribution in [0.2, 0.25) is 0 Å². The summed E-state index contributed by atoms with van der Waals surface area (Å²) in [6.07, 6.45) is 0.581. The Morgan fingerprint density at radius 2 is 1.68 bits per heavy atom. The molecule has 0 bridgehead atoms. The van der Waals surface area contributed by atoms with Gasteiger partial charge in [-0.3, -0.25) is 9.59 Å². The van der Waals surface area contributed by atoms with Crippen LogP contribution in [0.15, 0.2) is 42.5 Å². The molecule has 0 heterocycles. The van der Waals surface area contributed by atoms with Gasteiger partial charge < -0.3 is 10.2 Å². The molecule has 0 aromatic heterocycles. The molecule has 0 radical (unpaired) electrons. The van der Waals surface area contributed by atoms with Gasteiger partial charge >= 0.3 is 0 Å². The second-order valence-corrected chi connectivity index (χ2v) is 9.51. The van der Waals surface area contributed by atoms with Crippen molar-refractivity contribution >= 4 is 23.6 Å². The van der Waals surface area contributed by atoms with Crippen molar-refractivity contribution in [3.8, 4) is 0 Å². The van der Waals surface area contributed by atoms with Crippen molar-refractivity contribution in [2.75, 3.05) is 5.75 Å². The molecule has 0 fully saturated rings. The van der Waals surface area contributed by atoms with Crippen LogP contribution >= 0.6 is 11.8 Å². The van der Waals surface area contributed by atoms with Crippen LogP contribution in [-0.2, 0) is 21.9 Å². The Hall–Kier alpha value is -2.27. The van der Waals surface area contributed by atoms with Crippen LogP contribution in [0.1, 0.15) is 55.0 Å². The fourth-order valence-corrected chi connectivity index (χ4v) is 4.61. The SMILES string of the molecule is CCC(C(=O)NC(C)C)N(Cc1ccccc1C)C(=O)CSCc1cc(C)cc(C)c1. The highest BCUT2D eigenvalue weighted by Crippen LogP contribution is 2.20. The predicted octanol–water partition coefficient (Wildman–Crippen LogP) is 5.18. The van der Waals surface area contributed by atoms with Crippen LogP contribution < -0.4 is 5.32 Å². The van der Waals surface area contributed by atoms with Gasteiger partial charge in [-0.15, -0.1) is 11.8 Å². The number of nitrogens with one attached hydrogen (secondary N) is 1. The maximum absolute atomic E-state index is 13.3. The lowest BCUT2D eigenvalue weighted by Crippen LogP contribution is -2.51. The molecule has 2 aromatic carbocycles. The van der Waals surface area contributed by atoms with Crippen LogP contribution in [0.4, 0.5) is 0 Å². The van der Waals surface area contributed by atoms with Crippen molar-refractivity contribution < 1.29 is 9.59 Å². The first-order chi connectivity index (χ1) is 14.7. The third kappa shape index (κ3) is 7.73. The highest BCUT2D eigenvalue weighted by molar-refractivity contribution is 7.99. The molecule has 0 aliphatic rings. The van der Waals surface area contributed by atoms with E-state index in [0.717, 1.165) is 16.9 Å². The van der Waals surface area contributed by atoms with E-state index in [4.69, 9.17) is 0 Å². The molecule has 5 heteroatoms. The fourth-order valence-electron chi connectivity index (χ4n) is 3.76. The maximum atomic E-state index is 13.3. The van der Waals surface area contributed by atoms with E-state index in [0.29, 0.717) is 18.7 Å². The number of thioether (sulfide) groups is 1. The van der Waals surface area contributed by atoms with E-state index in [1.54, 1.807) is 16.7 Å². The van der Waals surface area contributed by atoms with Gasteiger partial charge in [-0.1, -0.05) is 60.5 Å². The summed E-state index contributed by atoms with van der Waals surface area (Å²) < 4.78 is 0. The van der Waals surface area contributed by atoms with E-state index in [-0.39, 0.29) is 17.9 Å². The van der Waals surface area contributed by atoms with Crippen molar-refractivity contribution in [2.45, 2.75) is 72.3 Å². The summed E-state index contributed by atoms with van der Waals surface area (Å²) in [6, 6.07) is 14.1. The van der Waals surface area contributed by atoms with E-state index in [9.17, 15) is 9.59 Å². The zero-order valence-corrected chi connectivity index (χ0v) is 20.5. The Bertz CT molecular complexity index is 874. The number of carbonyl (C=O) groups is 2. The number of benzene rings is 2. The van der Waals surface area contributed by atoms with E-state index >= 15 is 0 Å². The summed E-state index contributed by atoms with van der Waals surface area (Å²) in [4.78, 5) is 27.9. The Morgan fingerprint density at radius 1 is 1.03 bits per heavy atom. The number of hydrogen-bond donors (Lipinski definition) is 1. The second-order valence-electron chi connectivity index (χ2n) is 8.52. The van der Waals surface area contributed by atoms with Gasteiger partial charge in [0.2, 0.25) is 11.8 Å². The Balaban J connectivity index is 2.16. The van der Waals surface area contributed by atoms with E-state index in [2.05, 4.69) is 37.4 Å². The molecular weight excluding hydrogens is 404 g/mol. The third-order valence-electron chi connectivity index (χ3n) is 5.19. The molecule has 2 aromatic rings. The Labute approximate surface area is 191 Å². The summed E-state index contributed by atoms with van der Waals surface area (Å²) in [5, 5.41) is 2.98. The molecule has 4 nitrogen and oxygen atoms in total. The first kappa shape index (κ1) is 25.0. The second kappa shape index (κ2) is 11.9. The van der Waals surface area contributed by atoms with Crippen LogP contribution in [0.25, 0.3) is 0 Å². The summed E-state index contributed by atoms with van der Waals surface area (Å²) in [7, 11) is 0. The third-order valence-corrected chi connectivity index (χ3v) is 6.18. The highest BCUT2D eigenvalue weighted by atomic mass is 32.2. The van der Waals surface area contributed by atoms with Gasteiger partial charge in [0, 0.05) is 18.3 Å². The monoisotopic (exact) mass is 440 g/mol. The Morgan fingerprint density at radius 3 is 2.26 bits per heavy atom. The molecule has 1 N–H and O–H groups in total. The first-order valence-electron chi connectivity index (χ1n) is 11.0. The van der Waals surface area contributed by atoms with E-state index in [1.807, 2.05) is 52.0 Å². The summed E-state index contributed by atoms with van der Waals surface area (Å²) >= 11 is 1.61. The van der Waals surface area contributed by atoms with Crippen LogP contribution in [0.5, 0.6) is 0 Å². The largest absolute Gasteiger partial charge is 0.352 e. The van der Waals surface area contributed by atoms with Crippen LogP contribution in [-0.4, -0.2) is 34.6 Å². The smallest absolute Gasteiger partial charge is 0.243 e. The van der Waals surface area contributed by atoms with Crippen molar-refractivity contribution in [3.05, 3.63) is 70.3 Å². The summed E-state index contributed by atoms with van der Waals surface area (Å²) in [5.74, 6) is 1.05. The van der Waals surface area contributed by atoms with Crippen LogP contribution in [0, 0.1) is 20.8 Å². The molecule has 0 aliphatic heterocycles. The molecule has 2 amide bonds. The van der Waals surface area contributed by atoms with Gasteiger partial charge in [0.05, 0.1) is 5.75 Å². The van der Waals surface area contributed by atoms with Gasteiger partial charge in [0.25, 0.3) is 0 Å². The molecule has 168 valence electrons. The molecule has 1 atom stereocenters. The van der Waals surface area contributed by atoms with Crippen LogP contribution in [0.3, 0.4) is 0 Å². The summed E-state index contributed by atoms with van der Waals surface area (Å²) in [5.41, 5.74) is 5.90. The van der Waals surface area contributed by atoms with E-state index in [1.165, 1.54) is 16.7 Å². The highest BCUT2D eigenvalue weighted by Gasteiger charge is 2.29. The minimum absolute atomic E-state index is 0.00313. The molecule has 0 saturated carbocycles. The molecule has 0 spiro atoms. The molecule has 0 aliphatic carbocycles. The number of nitrogens with zero attached hydrogens (tertiary/aromatic N) is 1. The minimum atomic E-state index is -0.476. The topological polar surface area (TPSA) is 49.4 Å². The lowest BCUT2D eigenvalue weighted by Gasteiger charge is -2.31. The zero-order valence-electron chi connectivity index (χ0n) is 19.7. The van der Waals surface area contributed by atoms with Gasteiger partial charge in [-0.05, 0) is 57.7 Å². The average molecular weight is 441 g/mol. The quantitative estimate of drug-likeness (QED) is 0.554. The fraction of sp³-hybridized carbons (Fsp3) is 0.462. The van der Waals surface area contributed by atoms with Crippen molar-refractivity contribution in [1.29, 1.82) is 0 Å². The maximum Gasteiger partial charge on any atom is 0.243 e. The van der Waals surface area contributed by atoms with Gasteiger partial charge in [0.15, 0.2) is 0 Å². The summed E-state index contributed by atoms with van der Waals surface area (Å²) in [6.45, 7) is 12.5. The Kier molecular flexibility index (Phi) is 9.63. The van der Waals surface area contributed by atoms with Crippen molar-refractivity contribution in [1.82, 2.24) is 10.2 Å². The molecule has 0 saturated heterocycles. The van der Waals surface area contributed by atoms with Crippen molar-refractivity contribution in [3.63, 3.8) is 0 Å². The number of carbonyl (C=O) groups excluding carboxylic acids is 2. The lowest BCUT2D eigenvalue weighted by atomic mass is 10.1. The predicted molar refractivity (Wildman–Crippen MR) is 131 cm³/mol. The minimum Gasteiger partial charge on any atom is -0.352 e. The van der Waals surface area contributed by atoms with Gasteiger partial charge in [0.1, 0.15) is 6.04 Å².